The smallest absolute Gasteiger partial charge is 0.307 e. The molecule has 4 nitrogen and oxygen atoms in total. The van der Waals surface area contributed by atoms with Crippen LogP contribution in [0, 0.1) is 0 Å². The van der Waals surface area contributed by atoms with Crippen molar-refractivity contribution in [2.24, 2.45) is 0 Å². The summed E-state index contributed by atoms with van der Waals surface area (Å²) in [4.78, 5) is 23.4. The number of carbonyl (C=O) groups is 2. The Kier molecular flexibility index (Phi) is 9.02. The molecular formula is C18H25F3N2O2. The van der Waals surface area contributed by atoms with E-state index in [1.165, 1.54) is 31.4 Å². The Labute approximate surface area is 146 Å². The second-order valence-electron chi connectivity index (χ2n) is 5.92. The Hall–Kier alpha value is -2.05. The first-order valence-electron chi connectivity index (χ1n) is 8.61. The van der Waals surface area contributed by atoms with Crippen LogP contribution in [0.3, 0.4) is 0 Å². The minimum Gasteiger partial charge on any atom is -0.307 e. The molecular weight excluding hydrogens is 333 g/mol. The minimum absolute atomic E-state index is 0.183. The first-order chi connectivity index (χ1) is 11.8. The van der Waals surface area contributed by atoms with E-state index in [0.29, 0.717) is 6.42 Å². The summed E-state index contributed by atoms with van der Waals surface area (Å²) in [6.07, 6.45) is 2.90. The number of halogens is 3. The van der Waals surface area contributed by atoms with E-state index in [1.54, 1.807) is 0 Å². The molecule has 0 aliphatic heterocycles. The molecule has 0 spiro atoms. The van der Waals surface area contributed by atoms with E-state index >= 15 is 0 Å². The number of hydrogen-bond acceptors (Lipinski definition) is 2. The molecule has 1 aromatic rings. The zero-order valence-electron chi connectivity index (χ0n) is 14.4. The van der Waals surface area contributed by atoms with Crippen molar-refractivity contribution in [1.29, 1.82) is 0 Å². The minimum atomic E-state index is -4.58. The van der Waals surface area contributed by atoms with Crippen LogP contribution in [0.2, 0.25) is 0 Å². The van der Waals surface area contributed by atoms with Gasteiger partial charge in [0.15, 0.2) is 0 Å². The molecule has 0 aliphatic carbocycles. The average molecular weight is 358 g/mol. The Morgan fingerprint density at radius 1 is 0.960 bits per heavy atom. The molecule has 0 saturated carbocycles. The normalized spacial score (nSPS) is 11.2. The molecule has 1 aromatic carbocycles. The van der Waals surface area contributed by atoms with Crippen LogP contribution in [0.4, 0.5) is 23.7 Å². The Morgan fingerprint density at radius 2 is 1.56 bits per heavy atom. The van der Waals surface area contributed by atoms with Crippen molar-refractivity contribution in [3.8, 4) is 0 Å². The van der Waals surface area contributed by atoms with Gasteiger partial charge in [-0.05, 0) is 18.6 Å². The standard InChI is InChI=1S/C18H25F3N2O2/c1-2-3-4-5-6-7-8-13-16(24)23-17(25)22-15-12-10-9-11-14(15)18(19,20)21/h9-12H,2-8,13H2,1H3,(H2,22,23,24,25). The Morgan fingerprint density at radius 3 is 2.20 bits per heavy atom. The van der Waals surface area contributed by atoms with Crippen LogP contribution in [-0.4, -0.2) is 11.9 Å². The molecule has 3 amide bonds. The lowest BCUT2D eigenvalue weighted by Gasteiger charge is -2.13. The van der Waals surface area contributed by atoms with Crippen LogP contribution in [0.15, 0.2) is 24.3 Å². The van der Waals surface area contributed by atoms with E-state index in [-0.39, 0.29) is 12.1 Å². The fourth-order valence-electron chi connectivity index (χ4n) is 2.42. The zero-order valence-corrected chi connectivity index (χ0v) is 14.4. The van der Waals surface area contributed by atoms with Gasteiger partial charge in [-0.25, -0.2) is 4.79 Å². The van der Waals surface area contributed by atoms with Crippen molar-refractivity contribution in [1.82, 2.24) is 5.32 Å². The number of urea groups is 1. The molecule has 0 heterocycles. The van der Waals surface area contributed by atoms with Crippen LogP contribution >= 0.6 is 0 Å². The average Bonchev–Trinajstić information content (AvgIpc) is 2.53. The lowest BCUT2D eigenvalue weighted by molar-refractivity contribution is -0.136. The van der Waals surface area contributed by atoms with E-state index in [4.69, 9.17) is 0 Å². The first-order valence-corrected chi connectivity index (χ1v) is 8.61. The van der Waals surface area contributed by atoms with Gasteiger partial charge in [-0.15, -0.1) is 0 Å². The van der Waals surface area contributed by atoms with Crippen molar-refractivity contribution in [3.05, 3.63) is 29.8 Å². The van der Waals surface area contributed by atoms with Crippen LogP contribution in [0.5, 0.6) is 0 Å². The summed E-state index contributed by atoms with van der Waals surface area (Å²) in [5.41, 5.74) is -1.33. The molecule has 0 bridgehead atoms. The van der Waals surface area contributed by atoms with E-state index in [2.05, 4.69) is 17.6 Å². The summed E-state index contributed by atoms with van der Waals surface area (Å²) in [5.74, 6) is -0.490. The third kappa shape index (κ3) is 8.56. The highest BCUT2D eigenvalue weighted by atomic mass is 19.4. The van der Waals surface area contributed by atoms with Gasteiger partial charge >= 0.3 is 12.2 Å². The maximum Gasteiger partial charge on any atom is 0.418 e. The number of imide groups is 1. The summed E-state index contributed by atoms with van der Waals surface area (Å²) < 4.78 is 38.5. The quantitative estimate of drug-likeness (QED) is 0.573. The number of benzene rings is 1. The third-order valence-electron chi connectivity index (χ3n) is 3.74. The molecule has 0 saturated heterocycles. The van der Waals surface area contributed by atoms with E-state index in [9.17, 15) is 22.8 Å². The summed E-state index contributed by atoms with van der Waals surface area (Å²) >= 11 is 0. The second kappa shape index (κ2) is 10.7. The predicted molar refractivity (Wildman–Crippen MR) is 91.2 cm³/mol. The number of amides is 3. The summed E-state index contributed by atoms with van der Waals surface area (Å²) in [6, 6.07) is 3.67. The van der Waals surface area contributed by atoms with Crippen molar-refractivity contribution in [2.75, 3.05) is 5.32 Å². The molecule has 0 radical (unpaired) electrons. The highest BCUT2D eigenvalue weighted by Crippen LogP contribution is 2.34. The Balaban J connectivity index is 2.34. The molecule has 2 N–H and O–H groups in total. The van der Waals surface area contributed by atoms with Gasteiger partial charge in [-0.2, -0.15) is 13.2 Å². The number of anilines is 1. The molecule has 0 aromatic heterocycles. The maximum absolute atomic E-state index is 12.8. The lowest BCUT2D eigenvalue weighted by atomic mass is 10.1. The number of hydrogen-bond donors (Lipinski definition) is 2. The number of alkyl halides is 3. The van der Waals surface area contributed by atoms with Crippen molar-refractivity contribution < 1.29 is 22.8 Å². The van der Waals surface area contributed by atoms with E-state index < -0.39 is 23.7 Å². The van der Waals surface area contributed by atoms with Crippen LogP contribution in [0.25, 0.3) is 0 Å². The number of para-hydroxylation sites is 1. The lowest BCUT2D eigenvalue weighted by Crippen LogP contribution is -2.34. The van der Waals surface area contributed by atoms with Gasteiger partial charge < -0.3 is 5.32 Å². The second-order valence-corrected chi connectivity index (χ2v) is 5.92. The number of nitrogens with one attached hydrogen (secondary N) is 2. The number of carbonyl (C=O) groups excluding carboxylic acids is 2. The van der Waals surface area contributed by atoms with Gasteiger partial charge in [0.05, 0.1) is 11.3 Å². The van der Waals surface area contributed by atoms with Gasteiger partial charge in [0.25, 0.3) is 0 Å². The van der Waals surface area contributed by atoms with Gasteiger partial charge in [-0.1, -0.05) is 57.6 Å². The monoisotopic (exact) mass is 358 g/mol. The molecule has 25 heavy (non-hydrogen) atoms. The molecule has 7 heteroatoms. The zero-order chi connectivity index (χ0) is 18.7. The SMILES string of the molecule is CCCCCCCCCC(=O)NC(=O)Nc1ccccc1C(F)(F)F. The fourth-order valence-corrected chi connectivity index (χ4v) is 2.42. The molecule has 0 fully saturated rings. The highest BCUT2D eigenvalue weighted by molar-refractivity contribution is 6.01. The Bertz CT molecular complexity index is 559. The van der Waals surface area contributed by atoms with Gasteiger partial charge in [0.2, 0.25) is 5.91 Å². The van der Waals surface area contributed by atoms with Gasteiger partial charge in [0, 0.05) is 6.42 Å². The van der Waals surface area contributed by atoms with Crippen molar-refractivity contribution in [2.45, 2.75) is 64.5 Å². The highest BCUT2D eigenvalue weighted by Gasteiger charge is 2.33. The molecule has 0 atom stereocenters. The van der Waals surface area contributed by atoms with E-state index in [0.717, 1.165) is 31.4 Å². The summed E-state index contributed by atoms with van der Waals surface area (Å²) in [6.45, 7) is 2.14. The third-order valence-corrected chi connectivity index (χ3v) is 3.74. The molecule has 0 aliphatic rings. The number of unbranched alkanes of at least 4 members (excludes halogenated alkanes) is 6. The topological polar surface area (TPSA) is 58.2 Å². The predicted octanol–water partition coefficient (Wildman–Crippen LogP) is 5.49. The van der Waals surface area contributed by atoms with Gasteiger partial charge in [-0.3, -0.25) is 10.1 Å². The molecule has 1 rings (SSSR count). The molecule has 0 unspecified atom stereocenters. The summed E-state index contributed by atoms with van der Waals surface area (Å²) in [7, 11) is 0. The number of rotatable bonds is 9. The largest absolute Gasteiger partial charge is 0.418 e. The fraction of sp³-hybridized carbons (Fsp3) is 0.556. The van der Waals surface area contributed by atoms with Crippen LogP contribution < -0.4 is 10.6 Å². The van der Waals surface area contributed by atoms with Crippen molar-refractivity contribution in [3.63, 3.8) is 0 Å². The molecule has 140 valence electrons. The van der Waals surface area contributed by atoms with Gasteiger partial charge in [0.1, 0.15) is 0 Å². The van der Waals surface area contributed by atoms with E-state index in [1.807, 2.05) is 0 Å². The van der Waals surface area contributed by atoms with Crippen LogP contribution in [-0.2, 0) is 11.0 Å². The maximum atomic E-state index is 12.8. The summed E-state index contributed by atoms with van der Waals surface area (Å²) in [5, 5.41) is 4.14. The first kappa shape index (κ1) is 21.0. The van der Waals surface area contributed by atoms with Crippen LogP contribution in [0.1, 0.15) is 63.9 Å². The van der Waals surface area contributed by atoms with Crippen molar-refractivity contribution >= 4 is 17.6 Å².